The fourth-order valence-electron chi connectivity index (χ4n) is 2.36. The molecule has 0 bridgehead atoms. The van der Waals surface area contributed by atoms with Gasteiger partial charge in [-0.3, -0.25) is 4.79 Å². The molecule has 0 aliphatic rings. The summed E-state index contributed by atoms with van der Waals surface area (Å²) in [6, 6.07) is 10.7. The highest BCUT2D eigenvalue weighted by Crippen LogP contribution is 2.21. The van der Waals surface area contributed by atoms with Crippen molar-refractivity contribution in [2.24, 2.45) is 0 Å². The van der Waals surface area contributed by atoms with Crippen LogP contribution in [-0.2, 0) is 11.3 Å². The van der Waals surface area contributed by atoms with Crippen LogP contribution in [-0.4, -0.2) is 35.9 Å². The van der Waals surface area contributed by atoms with Crippen LogP contribution in [0.25, 0.3) is 16.5 Å². The molecular formula is C16H13N7O3S. The van der Waals surface area contributed by atoms with Crippen molar-refractivity contribution in [3.63, 3.8) is 0 Å². The van der Waals surface area contributed by atoms with E-state index in [1.807, 2.05) is 17.5 Å². The van der Waals surface area contributed by atoms with E-state index in [9.17, 15) is 9.59 Å². The van der Waals surface area contributed by atoms with Crippen molar-refractivity contribution in [3.8, 4) is 16.5 Å². The highest BCUT2D eigenvalue weighted by Gasteiger charge is 2.12. The van der Waals surface area contributed by atoms with Crippen LogP contribution in [0.5, 0.6) is 0 Å². The number of aromatic nitrogens is 6. The van der Waals surface area contributed by atoms with Gasteiger partial charge in [0.05, 0.1) is 17.1 Å². The maximum absolute atomic E-state index is 12.1. The average Bonchev–Trinajstić information content (AvgIpc) is 3.43. The quantitative estimate of drug-likeness (QED) is 0.536. The van der Waals surface area contributed by atoms with Gasteiger partial charge in [0.15, 0.2) is 0 Å². The molecule has 4 rings (SSSR count). The van der Waals surface area contributed by atoms with Crippen molar-refractivity contribution in [1.29, 1.82) is 0 Å². The zero-order valence-corrected chi connectivity index (χ0v) is 14.7. The Bertz CT molecular complexity index is 1080. The maximum atomic E-state index is 12.1. The van der Waals surface area contributed by atoms with Gasteiger partial charge in [0, 0.05) is 12.1 Å². The van der Waals surface area contributed by atoms with Crippen molar-refractivity contribution in [2.75, 3.05) is 5.32 Å². The van der Waals surface area contributed by atoms with E-state index in [2.05, 4.69) is 25.9 Å². The van der Waals surface area contributed by atoms with Gasteiger partial charge in [-0.1, -0.05) is 6.07 Å². The topological polar surface area (TPSA) is 121 Å². The number of tetrazole rings is 1. The molecule has 3 aromatic heterocycles. The van der Waals surface area contributed by atoms with Crippen molar-refractivity contribution in [3.05, 3.63) is 58.7 Å². The van der Waals surface area contributed by atoms with E-state index in [1.54, 1.807) is 24.3 Å². The fraction of sp³-hybridized carbons (Fsp3) is 0.125. The minimum atomic E-state index is -0.586. The first-order valence-electron chi connectivity index (χ1n) is 7.94. The molecule has 0 saturated carbocycles. The summed E-state index contributed by atoms with van der Waals surface area (Å²) in [5, 5.41) is 19.7. The highest BCUT2D eigenvalue weighted by molar-refractivity contribution is 7.13. The molecule has 0 unspecified atom stereocenters. The zero-order valence-electron chi connectivity index (χ0n) is 13.8. The van der Waals surface area contributed by atoms with Gasteiger partial charge in [-0.05, 0) is 46.1 Å². The minimum absolute atomic E-state index is 0.0884. The summed E-state index contributed by atoms with van der Waals surface area (Å²) in [5.74, 6) is -0.566. The van der Waals surface area contributed by atoms with Gasteiger partial charge in [-0.15, -0.1) is 21.5 Å². The molecule has 0 saturated heterocycles. The molecule has 27 heavy (non-hydrogen) atoms. The number of hydrogen-bond donors (Lipinski definition) is 1. The Kier molecular flexibility index (Phi) is 4.58. The number of amides is 1. The number of benzene rings is 1. The van der Waals surface area contributed by atoms with E-state index < -0.39 is 5.76 Å². The minimum Gasteiger partial charge on any atom is -0.387 e. The molecular weight excluding hydrogens is 370 g/mol. The fourth-order valence-corrected chi connectivity index (χ4v) is 3.00. The smallest absolute Gasteiger partial charge is 0.387 e. The number of nitrogens with one attached hydrogen (secondary N) is 1. The van der Waals surface area contributed by atoms with Crippen LogP contribution in [0.2, 0.25) is 0 Å². The molecule has 1 aromatic carbocycles. The maximum Gasteiger partial charge on any atom is 0.437 e. The molecule has 136 valence electrons. The summed E-state index contributed by atoms with van der Waals surface area (Å²) in [6.45, 7) is 0.127. The molecule has 0 atom stereocenters. The summed E-state index contributed by atoms with van der Waals surface area (Å²) in [7, 11) is 0. The SMILES string of the molecule is O=C(CCn1nc(-c2cccs2)oc1=O)Nc1ccc(-n2cnnn2)cc1. The van der Waals surface area contributed by atoms with E-state index in [0.29, 0.717) is 5.69 Å². The molecule has 4 aromatic rings. The Morgan fingerprint density at radius 3 is 2.78 bits per heavy atom. The van der Waals surface area contributed by atoms with Gasteiger partial charge in [0.1, 0.15) is 6.33 Å². The van der Waals surface area contributed by atoms with Gasteiger partial charge < -0.3 is 9.73 Å². The first-order chi connectivity index (χ1) is 13.2. The lowest BCUT2D eigenvalue weighted by molar-refractivity contribution is -0.116. The van der Waals surface area contributed by atoms with Crippen LogP contribution in [0, 0.1) is 0 Å². The molecule has 1 amide bonds. The van der Waals surface area contributed by atoms with Crippen LogP contribution in [0.4, 0.5) is 5.69 Å². The second-order valence-corrected chi connectivity index (χ2v) is 6.42. The number of thiophene rings is 1. The lowest BCUT2D eigenvalue weighted by Gasteiger charge is -2.06. The van der Waals surface area contributed by atoms with Crippen molar-refractivity contribution < 1.29 is 9.21 Å². The summed E-state index contributed by atoms with van der Waals surface area (Å²) >= 11 is 1.42. The van der Waals surface area contributed by atoms with Gasteiger partial charge in [-0.25, -0.2) is 9.48 Å². The second kappa shape index (κ2) is 7.33. The molecule has 0 radical (unpaired) electrons. The normalized spacial score (nSPS) is 10.8. The van der Waals surface area contributed by atoms with Gasteiger partial charge in [0.2, 0.25) is 5.91 Å². The number of carbonyl (C=O) groups excluding carboxylic acids is 1. The number of rotatable bonds is 6. The van der Waals surface area contributed by atoms with Crippen molar-refractivity contribution in [1.82, 2.24) is 30.0 Å². The van der Waals surface area contributed by atoms with E-state index in [0.717, 1.165) is 15.2 Å². The van der Waals surface area contributed by atoms with Gasteiger partial charge >= 0.3 is 5.76 Å². The first kappa shape index (κ1) is 16.8. The van der Waals surface area contributed by atoms with Crippen molar-refractivity contribution >= 4 is 22.9 Å². The monoisotopic (exact) mass is 383 g/mol. The third-order valence-electron chi connectivity index (χ3n) is 3.65. The molecule has 0 aliphatic carbocycles. The third-order valence-corrected chi connectivity index (χ3v) is 4.51. The number of nitrogens with zero attached hydrogens (tertiary/aromatic N) is 6. The van der Waals surface area contributed by atoms with Crippen LogP contribution in [0.1, 0.15) is 6.42 Å². The molecule has 0 fully saturated rings. The largest absolute Gasteiger partial charge is 0.437 e. The number of anilines is 1. The molecule has 3 heterocycles. The Morgan fingerprint density at radius 1 is 1.22 bits per heavy atom. The molecule has 0 spiro atoms. The molecule has 1 N–H and O–H groups in total. The van der Waals surface area contributed by atoms with E-state index in [-0.39, 0.29) is 24.8 Å². The van der Waals surface area contributed by atoms with Gasteiger partial charge in [-0.2, -0.15) is 4.68 Å². The van der Waals surface area contributed by atoms with Crippen LogP contribution < -0.4 is 11.1 Å². The Hall–Kier alpha value is -3.60. The Morgan fingerprint density at radius 2 is 2.07 bits per heavy atom. The van der Waals surface area contributed by atoms with E-state index >= 15 is 0 Å². The standard InChI is InChI=1S/C16H13N7O3S/c24-14(18-11-3-5-12(6-4-11)23-10-17-20-21-23)7-8-22-16(25)26-15(19-22)13-2-1-9-27-13/h1-6,9-10H,7-8H2,(H,18,24). The Balaban J connectivity index is 1.35. The molecule has 10 nitrogen and oxygen atoms in total. The van der Waals surface area contributed by atoms with E-state index in [1.165, 1.54) is 22.3 Å². The lowest BCUT2D eigenvalue weighted by Crippen LogP contribution is -2.20. The second-order valence-electron chi connectivity index (χ2n) is 5.47. The highest BCUT2D eigenvalue weighted by atomic mass is 32.1. The zero-order chi connectivity index (χ0) is 18.6. The lowest BCUT2D eigenvalue weighted by atomic mass is 10.2. The van der Waals surface area contributed by atoms with E-state index in [4.69, 9.17) is 4.42 Å². The van der Waals surface area contributed by atoms with Crippen LogP contribution >= 0.6 is 11.3 Å². The van der Waals surface area contributed by atoms with Gasteiger partial charge in [0.25, 0.3) is 5.89 Å². The summed E-state index contributed by atoms with van der Waals surface area (Å²) < 4.78 is 7.77. The third kappa shape index (κ3) is 3.82. The predicted molar refractivity (Wildman–Crippen MR) is 96.5 cm³/mol. The van der Waals surface area contributed by atoms with Crippen LogP contribution in [0.3, 0.4) is 0 Å². The number of aryl methyl sites for hydroxylation is 1. The van der Waals surface area contributed by atoms with Crippen LogP contribution in [0.15, 0.2) is 57.3 Å². The predicted octanol–water partition coefficient (Wildman–Crippen LogP) is 1.57. The average molecular weight is 383 g/mol. The molecule has 0 aliphatic heterocycles. The summed E-state index contributed by atoms with van der Waals surface area (Å²) in [4.78, 5) is 24.7. The molecule has 11 heteroatoms. The summed E-state index contributed by atoms with van der Waals surface area (Å²) in [5.41, 5.74) is 1.40. The van der Waals surface area contributed by atoms with Crippen molar-refractivity contribution in [2.45, 2.75) is 13.0 Å². The first-order valence-corrected chi connectivity index (χ1v) is 8.82. The number of carbonyl (C=O) groups is 1. The summed E-state index contributed by atoms with van der Waals surface area (Å²) in [6.07, 6.45) is 1.57. The number of hydrogen-bond acceptors (Lipinski definition) is 8. The Labute approximate surface area is 156 Å².